The van der Waals surface area contributed by atoms with Crippen LogP contribution in [0.4, 0.5) is 5.82 Å². The van der Waals surface area contributed by atoms with Crippen molar-refractivity contribution in [1.82, 2.24) is 4.98 Å². The Balaban J connectivity index is 2.01. The number of hydrogen-bond donors (Lipinski definition) is 1. The molecule has 1 aromatic carbocycles. The van der Waals surface area contributed by atoms with Gasteiger partial charge in [0, 0.05) is 31.2 Å². The maximum atomic E-state index is 5.99. The standard InChI is InChI=1S/C16H21N3O/c1-16(2)11-19(10-13(9-17)20-16)15-14-6-4-3-5-12(14)7-8-18-15/h3-8,13H,9-11,17H2,1-2H3. The molecule has 1 aliphatic heterocycles. The molecule has 3 rings (SSSR count). The second-order valence-electron chi connectivity index (χ2n) is 5.97. The third-order valence-electron chi connectivity index (χ3n) is 3.70. The monoisotopic (exact) mass is 271 g/mol. The van der Waals surface area contributed by atoms with E-state index in [4.69, 9.17) is 10.5 Å². The lowest BCUT2D eigenvalue weighted by molar-refractivity contribution is -0.0789. The van der Waals surface area contributed by atoms with E-state index in [0.717, 1.165) is 18.9 Å². The molecule has 0 spiro atoms. The van der Waals surface area contributed by atoms with Gasteiger partial charge in [-0.1, -0.05) is 24.3 Å². The summed E-state index contributed by atoms with van der Waals surface area (Å²) in [6.45, 7) is 6.36. The van der Waals surface area contributed by atoms with E-state index in [1.54, 1.807) is 0 Å². The summed E-state index contributed by atoms with van der Waals surface area (Å²) in [4.78, 5) is 6.89. The molecule has 4 nitrogen and oxygen atoms in total. The van der Waals surface area contributed by atoms with E-state index in [1.165, 1.54) is 10.8 Å². The van der Waals surface area contributed by atoms with Gasteiger partial charge in [0.05, 0.1) is 11.7 Å². The lowest BCUT2D eigenvalue weighted by Gasteiger charge is -2.43. The van der Waals surface area contributed by atoms with Crippen molar-refractivity contribution in [3.8, 4) is 0 Å². The highest BCUT2D eigenvalue weighted by atomic mass is 16.5. The fourth-order valence-electron chi connectivity index (χ4n) is 2.94. The summed E-state index contributed by atoms with van der Waals surface area (Å²) in [6.07, 6.45) is 1.93. The first-order valence-corrected chi connectivity index (χ1v) is 7.06. The Morgan fingerprint density at radius 2 is 2.15 bits per heavy atom. The normalized spacial score (nSPS) is 22.1. The summed E-state index contributed by atoms with van der Waals surface area (Å²) in [5.41, 5.74) is 5.60. The van der Waals surface area contributed by atoms with Gasteiger partial charge in [-0.2, -0.15) is 0 Å². The van der Waals surface area contributed by atoms with E-state index in [9.17, 15) is 0 Å². The van der Waals surface area contributed by atoms with Crippen LogP contribution in [-0.2, 0) is 4.74 Å². The van der Waals surface area contributed by atoms with Gasteiger partial charge in [-0.3, -0.25) is 0 Å². The van der Waals surface area contributed by atoms with Crippen molar-refractivity contribution >= 4 is 16.6 Å². The van der Waals surface area contributed by atoms with Gasteiger partial charge in [-0.25, -0.2) is 4.98 Å². The van der Waals surface area contributed by atoms with Crippen LogP contribution in [-0.4, -0.2) is 36.3 Å². The Kier molecular flexibility index (Phi) is 3.36. The van der Waals surface area contributed by atoms with Crippen LogP contribution in [0.15, 0.2) is 36.5 Å². The van der Waals surface area contributed by atoms with Gasteiger partial charge >= 0.3 is 0 Å². The molecule has 0 amide bonds. The number of aromatic nitrogens is 1. The number of pyridine rings is 1. The molecule has 20 heavy (non-hydrogen) atoms. The highest BCUT2D eigenvalue weighted by Crippen LogP contribution is 2.29. The predicted molar refractivity (Wildman–Crippen MR) is 82.0 cm³/mol. The zero-order valence-electron chi connectivity index (χ0n) is 12.0. The molecule has 0 radical (unpaired) electrons. The molecule has 2 N–H and O–H groups in total. The molecular weight excluding hydrogens is 250 g/mol. The Bertz CT molecular complexity index is 606. The number of ether oxygens (including phenoxy) is 1. The topological polar surface area (TPSA) is 51.4 Å². The fourth-order valence-corrected chi connectivity index (χ4v) is 2.94. The second-order valence-corrected chi connectivity index (χ2v) is 5.97. The Hall–Kier alpha value is -1.65. The van der Waals surface area contributed by atoms with Crippen molar-refractivity contribution in [3.63, 3.8) is 0 Å². The Morgan fingerprint density at radius 3 is 2.95 bits per heavy atom. The van der Waals surface area contributed by atoms with Crippen molar-refractivity contribution in [2.75, 3.05) is 24.5 Å². The summed E-state index contributed by atoms with van der Waals surface area (Å²) in [5.74, 6) is 1.03. The Labute approximate surface area is 119 Å². The van der Waals surface area contributed by atoms with Gasteiger partial charge in [0.25, 0.3) is 0 Å². The number of anilines is 1. The van der Waals surface area contributed by atoms with E-state index >= 15 is 0 Å². The molecule has 2 aromatic rings. The first kappa shape index (κ1) is 13.3. The molecule has 1 unspecified atom stereocenters. The molecule has 1 aliphatic rings. The van der Waals surface area contributed by atoms with Crippen molar-refractivity contribution < 1.29 is 4.74 Å². The molecule has 4 heteroatoms. The van der Waals surface area contributed by atoms with E-state index in [0.29, 0.717) is 6.54 Å². The second kappa shape index (κ2) is 5.04. The third-order valence-corrected chi connectivity index (χ3v) is 3.70. The minimum atomic E-state index is -0.207. The summed E-state index contributed by atoms with van der Waals surface area (Å²) in [5, 5.41) is 2.40. The molecule has 0 saturated carbocycles. The number of benzene rings is 1. The molecule has 106 valence electrons. The van der Waals surface area contributed by atoms with Crippen molar-refractivity contribution in [2.24, 2.45) is 5.73 Å². The molecule has 1 aromatic heterocycles. The van der Waals surface area contributed by atoms with Crippen LogP contribution in [0.3, 0.4) is 0 Å². The van der Waals surface area contributed by atoms with Crippen LogP contribution in [0.1, 0.15) is 13.8 Å². The van der Waals surface area contributed by atoms with E-state index in [2.05, 4.69) is 48.0 Å². The molecular formula is C16H21N3O. The van der Waals surface area contributed by atoms with Crippen LogP contribution < -0.4 is 10.6 Å². The fraction of sp³-hybridized carbons (Fsp3) is 0.438. The average Bonchev–Trinajstić information content (AvgIpc) is 2.45. The van der Waals surface area contributed by atoms with Crippen LogP contribution >= 0.6 is 0 Å². The van der Waals surface area contributed by atoms with E-state index < -0.39 is 0 Å². The van der Waals surface area contributed by atoms with Crippen molar-refractivity contribution in [1.29, 1.82) is 0 Å². The van der Waals surface area contributed by atoms with Gasteiger partial charge in [0.15, 0.2) is 0 Å². The maximum absolute atomic E-state index is 5.99. The number of rotatable bonds is 2. The number of hydrogen-bond acceptors (Lipinski definition) is 4. The van der Waals surface area contributed by atoms with Gasteiger partial charge in [0.2, 0.25) is 0 Å². The Morgan fingerprint density at radius 1 is 1.35 bits per heavy atom. The smallest absolute Gasteiger partial charge is 0.136 e. The summed E-state index contributed by atoms with van der Waals surface area (Å²) < 4.78 is 5.99. The molecule has 0 bridgehead atoms. The van der Waals surface area contributed by atoms with Crippen LogP contribution in [0.5, 0.6) is 0 Å². The summed E-state index contributed by atoms with van der Waals surface area (Å²) in [6, 6.07) is 10.4. The van der Waals surface area contributed by atoms with Gasteiger partial charge in [-0.15, -0.1) is 0 Å². The van der Waals surface area contributed by atoms with Gasteiger partial charge in [-0.05, 0) is 25.3 Å². The van der Waals surface area contributed by atoms with Crippen LogP contribution in [0, 0.1) is 0 Å². The third kappa shape index (κ3) is 2.49. The molecule has 0 aliphatic carbocycles. The molecule has 1 saturated heterocycles. The summed E-state index contributed by atoms with van der Waals surface area (Å²) in [7, 11) is 0. The molecule has 1 fully saturated rings. The number of nitrogens with zero attached hydrogens (tertiary/aromatic N) is 2. The molecule has 1 atom stereocenters. The van der Waals surface area contributed by atoms with Crippen molar-refractivity contribution in [3.05, 3.63) is 36.5 Å². The minimum absolute atomic E-state index is 0.0551. The van der Waals surface area contributed by atoms with Crippen molar-refractivity contribution in [2.45, 2.75) is 25.6 Å². The average molecular weight is 271 g/mol. The highest BCUT2D eigenvalue weighted by Gasteiger charge is 2.33. The van der Waals surface area contributed by atoms with Crippen LogP contribution in [0.25, 0.3) is 10.8 Å². The predicted octanol–water partition coefficient (Wildman–Crippen LogP) is 2.18. The lowest BCUT2D eigenvalue weighted by atomic mass is 10.0. The van der Waals surface area contributed by atoms with Gasteiger partial charge in [0.1, 0.15) is 5.82 Å². The first-order valence-electron chi connectivity index (χ1n) is 7.06. The quantitative estimate of drug-likeness (QED) is 0.909. The maximum Gasteiger partial charge on any atom is 0.136 e. The van der Waals surface area contributed by atoms with E-state index in [1.807, 2.05) is 12.3 Å². The highest BCUT2D eigenvalue weighted by molar-refractivity contribution is 5.92. The number of nitrogens with two attached hydrogens (primary N) is 1. The number of morpholine rings is 1. The SMILES string of the molecule is CC1(C)CN(c2nccc3ccccc23)CC(CN)O1. The first-order chi connectivity index (χ1) is 9.59. The molecule has 2 heterocycles. The number of fused-ring (bicyclic) bond motifs is 1. The van der Waals surface area contributed by atoms with Gasteiger partial charge < -0.3 is 15.4 Å². The summed E-state index contributed by atoms with van der Waals surface area (Å²) >= 11 is 0. The lowest BCUT2D eigenvalue weighted by Crippen LogP contribution is -2.55. The largest absolute Gasteiger partial charge is 0.367 e. The van der Waals surface area contributed by atoms with E-state index in [-0.39, 0.29) is 11.7 Å². The van der Waals surface area contributed by atoms with Crippen LogP contribution in [0.2, 0.25) is 0 Å². The zero-order chi connectivity index (χ0) is 14.2. The zero-order valence-corrected chi connectivity index (χ0v) is 12.0. The minimum Gasteiger partial charge on any atom is -0.367 e.